The molecule has 1 amide bonds. The van der Waals surface area contributed by atoms with Crippen LogP contribution in [-0.2, 0) is 14.9 Å². The number of benzene rings is 1. The Morgan fingerprint density at radius 1 is 1.39 bits per heavy atom. The summed E-state index contributed by atoms with van der Waals surface area (Å²) in [6, 6.07) is 7.73. The molecule has 1 aromatic rings. The van der Waals surface area contributed by atoms with Crippen LogP contribution in [0.5, 0.6) is 0 Å². The molecule has 0 saturated carbocycles. The van der Waals surface area contributed by atoms with Crippen LogP contribution in [-0.4, -0.2) is 54.2 Å². The molecule has 5 nitrogen and oxygen atoms in total. The Hall–Kier alpha value is -0.660. The molecular formula is C11H14NNaO4S. The van der Waals surface area contributed by atoms with Gasteiger partial charge in [-0.05, 0) is 11.6 Å². The summed E-state index contributed by atoms with van der Waals surface area (Å²) in [4.78, 5) is 11.2. The van der Waals surface area contributed by atoms with E-state index in [1.807, 2.05) is 0 Å². The van der Waals surface area contributed by atoms with Gasteiger partial charge in [-0.3, -0.25) is 9.35 Å². The molecule has 0 radical (unpaired) electrons. The number of carbonyl (C=O) groups is 1. The van der Waals surface area contributed by atoms with E-state index >= 15 is 0 Å². The molecule has 0 aliphatic carbocycles. The van der Waals surface area contributed by atoms with Gasteiger partial charge >= 0.3 is 29.6 Å². The van der Waals surface area contributed by atoms with E-state index in [0.717, 1.165) is 6.08 Å². The Morgan fingerprint density at radius 2 is 1.94 bits per heavy atom. The van der Waals surface area contributed by atoms with Gasteiger partial charge in [0.1, 0.15) is 0 Å². The van der Waals surface area contributed by atoms with E-state index < -0.39 is 27.8 Å². The summed E-state index contributed by atoms with van der Waals surface area (Å²) in [5.41, 5.74) is 0.598. The van der Waals surface area contributed by atoms with Crippen molar-refractivity contribution in [2.75, 3.05) is 5.75 Å². The molecule has 7 heteroatoms. The molecule has 0 bridgehead atoms. The van der Waals surface area contributed by atoms with Crippen LogP contribution in [0.2, 0.25) is 0 Å². The van der Waals surface area contributed by atoms with E-state index in [-0.39, 0.29) is 29.6 Å². The molecule has 0 aromatic heterocycles. The second-order valence-corrected chi connectivity index (χ2v) is 4.92. The van der Waals surface area contributed by atoms with Crippen LogP contribution in [0.15, 0.2) is 43.0 Å². The zero-order valence-corrected chi connectivity index (χ0v) is 9.85. The molecule has 0 fully saturated rings. The first kappa shape index (κ1) is 17.3. The predicted octanol–water partition coefficient (Wildman–Crippen LogP) is 0.269. The van der Waals surface area contributed by atoms with Gasteiger partial charge in [0.25, 0.3) is 10.1 Å². The van der Waals surface area contributed by atoms with E-state index in [1.165, 1.54) is 0 Å². The van der Waals surface area contributed by atoms with E-state index in [0.29, 0.717) is 5.56 Å². The molecule has 0 saturated heterocycles. The van der Waals surface area contributed by atoms with E-state index in [9.17, 15) is 13.2 Å². The Bertz CT molecular complexity index is 501. The van der Waals surface area contributed by atoms with Crippen LogP contribution in [0.25, 0.3) is 0 Å². The second kappa shape index (κ2) is 7.70. The minimum atomic E-state index is -4.17. The van der Waals surface area contributed by atoms with Gasteiger partial charge in [0.15, 0.2) is 0 Å². The van der Waals surface area contributed by atoms with Crippen LogP contribution in [0.3, 0.4) is 0 Å². The van der Waals surface area contributed by atoms with Gasteiger partial charge in [-0.2, -0.15) is 8.42 Å². The number of hydrogen-bond acceptors (Lipinski definition) is 3. The average Bonchev–Trinajstić information content (AvgIpc) is 2.27. The SMILES string of the molecule is C=CC(=O)NC(CS(=O)(=O)O)c1ccccc1.[NaH]. The van der Waals surface area contributed by atoms with E-state index in [1.54, 1.807) is 30.3 Å². The van der Waals surface area contributed by atoms with Gasteiger partial charge in [0.2, 0.25) is 5.91 Å². The molecule has 94 valence electrons. The molecule has 1 rings (SSSR count). The van der Waals surface area contributed by atoms with E-state index in [2.05, 4.69) is 11.9 Å². The zero-order chi connectivity index (χ0) is 12.9. The zero-order valence-electron chi connectivity index (χ0n) is 9.04. The van der Waals surface area contributed by atoms with Crippen LogP contribution in [0.4, 0.5) is 0 Å². The van der Waals surface area contributed by atoms with E-state index in [4.69, 9.17) is 4.55 Å². The molecule has 2 N–H and O–H groups in total. The van der Waals surface area contributed by atoms with Crippen molar-refractivity contribution < 1.29 is 17.8 Å². The number of hydrogen-bond donors (Lipinski definition) is 2. The van der Waals surface area contributed by atoms with Gasteiger partial charge in [-0.15, -0.1) is 0 Å². The first-order valence-electron chi connectivity index (χ1n) is 4.85. The minimum absolute atomic E-state index is 0. The third kappa shape index (κ3) is 6.32. The van der Waals surface area contributed by atoms with Crippen molar-refractivity contribution in [1.29, 1.82) is 0 Å². The fourth-order valence-corrected chi connectivity index (χ4v) is 2.04. The van der Waals surface area contributed by atoms with Gasteiger partial charge in [-0.25, -0.2) is 0 Å². The van der Waals surface area contributed by atoms with Crippen molar-refractivity contribution in [2.24, 2.45) is 0 Å². The maximum atomic E-state index is 11.2. The Kier molecular flexibility index (Phi) is 7.42. The van der Waals surface area contributed by atoms with Gasteiger partial charge in [0.05, 0.1) is 11.8 Å². The average molecular weight is 279 g/mol. The fourth-order valence-electron chi connectivity index (χ4n) is 1.35. The van der Waals surface area contributed by atoms with Crippen molar-refractivity contribution in [3.8, 4) is 0 Å². The summed E-state index contributed by atoms with van der Waals surface area (Å²) in [6.07, 6.45) is 1.04. The third-order valence-corrected chi connectivity index (χ3v) is 2.84. The quantitative estimate of drug-likeness (QED) is 0.460. The maximum absolute atomic E-state index is 11.2. The first-order valence-corrected chi connectivity index (χ1v) is 6.46. The molecular weight excluding hydrogens is 265 g/mol. The second-order valence-electron chi connectivity index (χ2n) is 3.42. The normalized spacial score (nSPS) is 12.1. The number of nitrogens with one attached hydrogen (secondary N) is 1. The molecule has 0 aliphatic heterocycles. The fraction of sp³-hybridized carbons (Fsp3) is 0.182. The first-order chi connectivity index (χ1) is 7.92. The van der Waals surface area contributed by atoms with Crippen molar-refractivity contribution in [2.45, 2.75) is 6.04 Å². The molecule has 18 heavy (non-hydrogen) atoms. The van der Waals surface area contributed by atoms with Crippen LogP contribution >= 0.6 is 0 Å². The van der Waals surface area contributed by atoms with Gasteiger partial charge in [-0.1, -0.05) is 36.9 Å². The van der Waals surface area contributed by atoms with Crippen molar-refractivity contribution in [1.82, 2.24) is 5.32 Å². The summed E-state index contributed by atoms with van der Waals surface area (Å²) >= 11 is 0. The predicted molar refractivity (Wildman–Crippen MR) is 71.1 cm³/mol. The van der Waals surface area contributed by atoms with Crippen molar-refractivity contribution in [3.63, 3.8) is 0 Å². The summed E-state index contributed by atoms with van der Waals surface area (Å²) in [5, 5.41) is 2.44. The summed E-state index contributed by atoms with van der Waals surface area (Å²) < 4.78 is 30.6. The summed E-state index contributed by atoms with van der Waals surface area (Å²) in [6.45, 7) is 3.28. The number of amides is 1. The summed E-state index contributed by atoms with van der Waals surface area (Å²) in [5.74, 6) is -1.07. The van der Waals surface area contributed by atoms with Crippen molar-refractivity contribution >= 4 is 45.6 Å². The Balaban J connectivity index is 0.00000289. The van der Waals surface area contributed by atoms with Crippen LogP contribution in [0.1, 0.15) is 11.6 Å². The monoisotopic (exact) mass is 279 g/mol. The number of carbonyl (C=O) groups excluding carboxylic acids is 1. The molecule has 0 aliphatic rings. The third-order valence-electron chi connectivity index (χ3n) is 2.08. The Morgan fingerprint density at radius 3 is 2.39 bits per heavy atom. The van der Waals surface area contributed by atoms with Crippen molar-refractivity contribution in [3.05, 3.63) is 48.6 Å². The standard InChI is InChI=1S/C11H13NO4S.Na.H/c1-2-11(13)12-10(8-17(14,15)16)9-6-4-3-5-7-9;;/h2-7,10H,1,8H2,(H,12,13)(H,14,15,16);;. The van der Waals surface area contributed by atoms with Gasteiger partial charge < -0.3 is 5.32 Å². The molecule has 1 atom stereocenters. The number of rotatable bonds is 5. The topological polar surface area (TPSA) is 83.5 Å². The van der Waals surface area contributed by atoms with Crippen LogP contribution < -0.4 is 5.32 Å². The van der Waals surface area contributed by atoms with Gasteiger partial charge in [0, 0.05) is 0 Å². The molecule has 0 heterocycles. The molecule has 0 spiro atoms. The summed E-state index contributed by atoms with van der Waals surface area (Å²) in [7, 11) is -4.17. The molecule has 1 aromatic carbocycles. The molecule has 1 unspecified atom stereocenters. The van der Waals surface area contributed by atoms with Crippen LogP contribution in [0, 0.1) is 0 Å². The Labute approximate surface area is 128 Å².